The van der Waals surface area contributed by atoms with Crippen LogP contribution in [0.1, 0.15) is 49.7 Å². The quantitative estimate of drug-likeness (QED) is 0.820. The van der Waals surface area contributed by atoms with Gasteiger partial charge in [0.05, 0.1) is 0 Å². The fourth-order valence-electron chi connectivity index (χ4n) is 5.54. The Balaban J connectivity index is 1.38. The number of primary amides is 1. The molecule has 0 saturated heterocycles. The van der Waals surface area contributed by atoms with Gasteiger partial charge in [0.25, 0.3) is 0 Å². The molecule has 0 spiro atoms. The number of nitrogens with two attached hydrogens (primary N) is 1. The van der Waals surface area contributed by atoms with Gasteiger partial charge in [0.2, 0.25) is 5.91 Å². The maximum Gasteiger partial charge on any atom is 0.241 e. The van der Waals surface area contributed by atoms with Gasteiger partial charge in [0.15, 0.2) is 0 Å². The van der Waals surface area contributed by atoms with Crippen LogP contribution in [-0.4, -0.2) is 11.4 Å². The molecule has 5 rings (SSSR count). The Morgan fingerprint density at radius 1 is 1.09 bits per heavy atom. The molecule has 3 N–H and O–H groups in total. The topological polar surface area (TPSA) is 55.1 Å². The minimum atomic E-state index is -0.405. The van der Waals surface area contributed by atoms with Gasteiger partial charge in [-0.05, 0) is 73.5 Å². The predicted molar refractivity (Wildman–Crippen MR) is 92.4 cm³/mol. The minimum Gasteiger partial charge on any atom is -0.366 e. The summed E-state index contributed by atoms with van der Waals surface area (Å²) in [5.41, 5.74) is 7.87. The fourth-order valence-corrected chi connectivity index (χ4v) is 5.54. The maximum absolute atomic E-state index is 10.8. The zero-order valence-electron chi connectivity index (χ0n) is 13.6. The number of carbonyl (C=O) groups excluding carboxylic acids is 1. The summed E-state index contributed by atoms with van der Waals surface area (Å²) in [4.78, 5) is 10.8. The Hall–Kier alpha value is -1.61. The van der Waals surface area contributed by atoms with E-state index in [1.54, 1.807) is 6.08 Å². The van der Waals surface area contributed by atoms with Crippen molar-refractivity contribution >= 4 is 12.0 Å². The maximum atomic E-state index is 10.8. The van der Waals surface area contributed by atoms with E-state index >= 15 is 0 Å². The van der Waals surface area contributed by atoms with E-state index in [0.29, 0.717) is 5.54 Å². The molecule has 4 aliphatic rings. The van der Waals surface area contributed by atoms with Crippen molar-refractivity contribution in [3.63, 3.8) is 0 Å². The van der Waals surface area contributed by atoms with Crippen LogP contribution in [0.3, 0.4) is 0 Å². The number of hydrogen-bond acceptors (Lipinski definition) is 2. The molecule has 3 nitrogen and oxygen atoms in total. The van der Waals surface area contributed by atoms with E-state index in [1.165, 1.54) is 50.2 Å². The van der Waals surface area contributed by atoms with Crippen molar-refractivity contribution in [2.45, 2.75) is 50.6 Å². The van der Waals surface area contributed by atoms with E-state index in [0.717, 1.165) is 29.9 Å². The average molecular weight is 310 g/mol. The zero-order valence-corrected chi connectivity index (χ0v) is 13.6. The lowest BCUT2D eigenvalue weighted by molar-refractivity contribution is -0.113. The Labute approximate surface area is 138 Å². The van der Waals surface area contributed by atoms with Gasteiger partial charge < -0.3 is 11.1 Å². The van der Waals surface area contributed by atoms with E-state index in [2.05, 4.69) is 29.6 Å². The Kier molecular flexibility index (Phi) is 3.76. The number of amides is 1. The molecule has 1 amide bonds. The summed E-state index contributed by atoms with van der Waals surface area (Å²) in [6.45, 7) is 0.950. The van der Waals surface area contributed by atoms with Crippen molar-refractivity contribution in [3.05, 3.63) is 41.5 Å². The summed E-state index contributed by atoms with van der Waals surface area (Å²) in [5.74, 6) is 2.54. The third-order valence-corrected chi connectivity index (χ3v) is 6.13. The molecule has 4 saturated carbocycles. The molecule has 4 bridgehead atoms. The molecule has 122 valence electrons. The second kappa shape index (κ2) is 5.79. The number of nitrogens with one attached hydrogen (secondary N) is 1. The van der Waals surface area contributed by atoms with Crippen LogP contribution >= 0.6 is 0 Å². The molecule has 0 radical (unpaired) electrons. The van der Waals surface area contributed by atoms with Crippen LogP contribution in [0, 0.1) is 17.8 Å². The van der Waals surface area contributed by atoms with Crippen molar-refractivity contribution in [3.8, 4) is 0 Å². The highest BCUT2D eigenvalue weighted by Gasteiger charge is 2.50. The third kappa shape index (κ3) is 3.20. The molecule has 23 heavy (non-hydrogen) atoms. The standard InChI is InChI=1S/C20H26N2O/c21-19(23)6-5-14-1-3-15(4-2-14)13-22-20-10-16-7-17(11-20)9-18(8-16)12-20/h1-6,16-18,22H,7-13H2,(H2,21,23)/b6-5+. The van der Waals surface area contributed by atoms with E-state index < -0.39 is 5.91 Å². The molecule has 4 fully saturated rings. The first-order chi connectivity index (χ1) is 11.1. The van der Waals surface area contributed by atoms with Gasteiger partial charge in [-0.15, -0.1) is 0 Å². The van der Waals surface area contributed by atoms with E-state index in [-0.39, 0.29) is 0 Å². The first-order valence-corrected chi connectivity index (χ1v) is 8.92. The third-order valence-electron chi connectivity index (χ3n) is 6.13. The van der Waals surface area contributed by atoms with Gasteiger partial charge in [0.1, 0.15) is 0 Å². The first-order valence-electron chi connectivity index (χ1n) is 8.92. The molecule has 0 atom stereocenters. The summed E-state index contributed by atoms with van der Waals surface area (Å²) in [6, 6.07) is 8.40. The average Bonchev–Trinajstić information content (AvgIpc) is 2.51. The molecular formula is C20H26N2O. The highest BCUT2D eigenvalue weighted by atomic mass is 16.1. The second-order valence-electron chi connectivity index (χ2n) is 8.03. The van der Waals surface area contributed by atoms with Crippen molar-refractivity contribution < 1.29 is 4.79 Å². The lowest BCUT2D eigenvalue weighted by atomic mass is 9.53. The summed E-state index contributed by atoms with van der Waals surface area (Å²) in [7, 11) is 0. The second-order valence-corrected chi connectivity index (χ2v) is 8.03. The van der Waals surface area contributed by atoms with Crippen molar-refractivity contribution in [2.75, 3.05) is 0 Å². The lowest BCUT2D eigenvalue weighted by Crippen LogP contribution is -2.58. The zero-order chi connectivity index (χ0) is 15.9. The molecule has 3 heteroatoms. The molecule has 1 aromatic rings. The highest BCUT2D eigenvalue weighted by molar-refractivity contribution is 5.90. The Bertz CT molecular complexity index is 582. The molecular weight excluding hydrogens is 284 g/mol. The molecule has 0 aromatic heterocycles. The smallest absolute Gasteiger partial charge is 0.241 e. The number of hydrogen-bond donors (Lipinski definition) is 2. The number of carbonyl (C=O) groups is 1. The predicted octanol–water partition coefficient (Wildman–Crippen LogP) is 3.24. The van der Waals surface area contributed by atoms with Crippen LogP contribution in [0.25, 0.3) is 6.08 Å². The van der Waals surface area contributed by atoms with E-state index in [4.69, 9.17) is 5.73 Å². The largest absolute Gasteiger partial charge is 0.366 e. The van der Waals surface area contributed by atoms with Gasteiger partial charge in [-0.1, -0.05) is 24.3 Å². The first kappa shape index (κ1) is 14.9. The van der Waals surface area contributed by atoms with Gasteiger partial charge in [-0.25, -0.2) is 0 Å². The number of rotatable bonds is 5. The summed E-state index contributed by atoms with van der Waals surface area (Å²) >= 11 is 0. The molecule has 0 unspecified atom stereocenters. The van der Waals surface area contributed by atoms with Crippen LogP contribution in [0.2, 0.25) is 0 Å². The van der Waals surface area contributed by atoms with Gasteiger partial charge in [-0.2, -0.15) is 0 Å². The molecule has 1 aromatic carbocycles. The van der Waals surface area contributed by atoms with Crippen LogP contribution < -0.4 is 11.1 Å². The van der Waals surface area contributed by atoms with Crippen molar-refractivity contribution in [1.29, 1.82) is 0 Å². The molecule has 0 heterocycles. The number of benzene rings is 1. The van der Waals surface area contributed by atoms with E-state index in [1.807, 2.05) is 0 Å². The SMILES string of the molecule is NC(=O)/C=C/c1ccc(CNC23CC4CC(CC(C4)C2)C3)cc1. The van der Waals surface area contributed by atoms with Gasteiger partial charge in [-0.3, -0.25) is 4.79 Å². The summed E-state index contributed by atoms with van der Waals surface area (Å²) < 4.78 is 0. The van der Waals surface area contributed by atoms with Gasteiger partial charge >= 0.3 is 0 Å². The normalized spacial score (nSPS) is 35.0. The van der Waals surface area contributed by atoms with Crippen molar-refractivity contribution in [2.24, 2.45) is 23.5 Å². The molecule has 4 aliphatic carbocycles. The minimum absolute atomic E-state index is 0.405. The summed E-state index contributed by atoms with van der Waals surface area (Å²) in [5, 5.41) is 3.92. The van der Waals surface area contributed by atoms with Gasteiger partial charge in [0, 0.05) is 18.2 Å². The van der Waals surface area contributed by atoms with Crippen molar-refractivity contribution in [1.82, 2.24) is 5.32 Å². The summed E-state index contributed by atoms with van der Waals surface area (Å²) in [6.07, 6.45) is 11.8. The molecule has 0 aliphatic heterocycles. The Morgan fingerprint density at radius 3 is 2.17 bits per heavy atom. The van der Waals surface area contributed by atoms with Crippen LogP contribution in [0.4, 0.5) is 0 Å². The van der Waals surface area contributed by atoms with E-state index in [9.17, 15) is 4.79 Å². The monoisotopic (exact) mass is 310 g/mol. The lowest BCUT2D eigenvalue weighted by Gasteiger charge is -2.57. The van der Waals surface area contributed by atoms with Crippen LogP contribution in [0.5, 0.6) is 0 Å². The van der Waals surface area contributed by atoms with Crippen LogP contribution in [0.15, 0.2) is 30.3 Å². The Morgan fingerprint density at radius 2 is 1.65 bits per heavy atom. The fraction of sp³-hybridized carbons (Fsp3) is 0.550. The van der Waals surface area contributed by atoms with Crippen LogP contribution in [-0.2, 0) is 11.3 Å². The highest BCUT2D eigenvalue weighted by Crippen LogP contribution is 2.55.